The van der Waals surface area contributed by atoms with Crippen LogP contribution >= 0.6 is 17.0 Å². The number of hydrogen-bond acceptors (Lipinski definition) is 0. The first-order valence-electron chi connectivity index (χ1n) is 21.5. The molecular formula is C56H57Cl2SiZr-3. The number of fused-ring (bicyclic) bond motifs is 5. The summed E-state index contributed by atoms with van der Waals surface area (Å²) in [5.74, 6) is 0. The van der Waals surface area contributed by atoms with Crippen molar-refractivity contribution >= 4 is 58.5 Å². The first-order chi connectivity index (χ1) is 29.1. The second-order valence-corrected chi connectivity index (χ2v) is 21.1. The maximum Gasteiger partial charge on any atom is 0.0920 e. The molecule has 0 unspecified atom stereocenters. The monoisotopic (exact) mass is 917 g/mol. The minimum Gasteiger partial charge on any atom is -0.184 e. The van der Waals surface area contributed by atoms with Crippen LogP contribution in [0.2, 0.25) is 0 Å². The summed E-state index contributed by atoms with van der Waals surface area (Å²) in [6.07, 6.45) is 6.86. The van der Waals surface area contributed by atoms with Crippen LogP contribution in [0.3, 0.4) is 0 Å². The van der Waals surface area contributed by atoms with Crippen molar-refractivity contribution in [3.8, 4) is 33.4 Å². The van der Waals surface area contributed by atoms with Crippen LogP contribution in [0.15, 0.2) is 127 Å². The maximum absolute atomic E-state index is 4.93. The fraction of sp³-hybridized carbons (Fsp3) is 0.250. The number of hydrogen-bond donors (Lipinski definition) is 0. The van der Waals surface area contributed by atoms with E-state index in [1.807, 2.05) is 6.07 Å². The van der Waals surface area contributed by atoms with E-state index in [9.17, 15) is 0 Å². The van der Waals surface area contributed by atoms with Gasteiger partial charge in [0.15, 0.2) is 0 Å². The third-order valence-corrected chi connectivity index (χ3v) is 12.7. The molecule has 0 amide bonds. The fourth-order valence-electron chi connectivity index (χ4n) is 8.79. The van der Waals surface area contributed by atoms with Gasteiger partial charge in [0.1, 0.15) is 0 Å². The summed E-state index contributed by atoms with van der Waals surface area (Å²) in [6, 6.07) is 50.7. The first kappa shape index (κ1) is 45.7. The molecule has 0 aliphatic carbocycles. The Hall–Kier alpha value is -3.78. The Labute approximate surface area is 381 Å². The predicted molar refractivity (Wildman–Crippen MR) is 263 cm³/mol. The predicted octanol–water partition coefficient (Wildman–Crippen LogP) is 15.2. The van der Waals surface area contributed by atoms with Crippen LogP contribution in [0.1, 0.15) is 85.0 Å². The van der Waals surface area contributed by atoms with E-state index in [-0.39, 0.29) is 0 Å². The summed E-state index contributed by atoms with van der Waals surface area (Å²) in [5, 5.41) is 8.43. The number of aryl methyl sites for hydroxylation is 8. The van der Waals surface area contributed by atoms with E-state index in [1.165, 1.54) is 123 Å². The van der Waals surface area contributed by atoms with Gasteiger partial charge in [0.2, 0.25) is 0 Å². The minimum atomic E-state index is -0.826. The summed E-state index contributed by atoms with van der Waals surface area (Å²) in [5.41, 5.74) is 19.6. The van der Waals surface area contributed by atoms with Crippen molar-refractivity contribution in [2.75, 3.05) is 0 Å². The number of rotatable bonds is 8. The fourth-order valence-corrected chi connectivity index (χ4v) is 10.1. The molecule has 0 atom stereocenters. The molecule has 0 spiro atoms. The van der Waals surface area contributed by atoms with E-state index in [2.05, 4.69) is 183 Å². The second kappa shape index (κ2) is 21.8. The molecule has 0 fully saturated rings. The van der Waals surface area contributed by atoms with Crippen molar-refractivity contribution in [1.29, 1.82) is 0 Å². The minimum absolute atomic E-state index is 0.795. The average molecular weight is 920 g/mol. The summed E-state index contributed by atoms with van der Waals surface area (Å²) in [6.45, 7) is 17.8. The maximum atomic E-state index is 4.93. The quantitative estimate of drug-likeness (QED) is 0.105. The SMILES string of the molecule is CCCc1ccc2[cH-]c(CC)cc2c1-c1cc(C)cc(C)c1.CCCc1ccc2[cH-]c(CC)cc2c1-c1cc(C)cc(C)c1.[Cl][Zr][Cl].[c-]1cccc2c1[Si]c1ccccc1-2. The topological polar surface area (TPSA) is 0 Å². The molecule has 8 aromatic carbocycles. The van der Waals surface area contributed by atoms with Gasteiger partial charge >= 0.3 is 37.9 Å². The molecule has 0 N–H and O–H groups in total. The molecule has 2 radical (unpaired) electrons. The molecule has 1 aliphatic rings. The molecule has 0 nitrogen and oxygen atoms in total. The van der Waals surface area contributed by atoms with E-state index in [1.54, 1.807) is 0 Å². The summed E-state index contributed by atoms with van der Waals surface area (Å²) >= 11 is -0.826. The van der Waals surface area contributed by atoms with Gasteiger partial charge in [-0.2, -0.15) is 41.6 Å². The van der Waals surface area contributed by atoms with Gasteiger partial charge in [-0.3, -0.25) is 0 Å². The van der Waals surface area contributed by atoms with E-state index in [0.717, 1.165) is 35.2 Å². The standard InChI is InChI=1S/2C22H25.C12H7Si.2ClH.Zr/c2*1-5-7-18-8-9-19-13-17(6-2)14-21(19)22(18)20-11-15(3)10-16(4)12-20;1-3-7-11-9(5-1)10-6-2-4-8-12(10)13-11;;;/h2*8-14H,5-7H2,1-4H3;1-7H;2*1H;/q3*-1;;;+2/p-2. The van der Waals surface area contributed by atoms with Gasteiger partial charge < -0.3 is 0 Å². The Morgan fingerprint density at radius 1 is 0.550 bits per heavy atom. The van der Waals surface area contributed by atoms with Crippen LogP contribution < -0.4 is 10.4 Å². The molecule has 9 rings (SSSR count). The van der Waals surface area contributed by atoms with Crippen LogP contribution in [-0.4, -0.2) is 9.52 Å². The van der Waals surface area contributed by atoms with Crippen LogP contribution in [-0.2, 0) is 46.5 Å². The molecule has 60 heavy (non-hydrogen) atoms. The molecular weight excluding hydrogens is 863 g/mol. The van der Waals surface area contributed by atoms with Crippen LogP contribution in [0, 0.1) is 33.8 Å². The molecule has 1 aliphatic heterocycles. The van der Waals surface area contributed by atoms with Gasteiger partial charge in [-0.25, -0.2) is 0 Å². The summed E-state index contributed by atoms with van der Waals surface area (Å²) in [4.78, 5) is 0. The van der Waals surface area contributed by atoms with Crippen molar-refractivity contribution in [2.24, 2.45) is 0 Å². The summed E-state index contributed by atoms with van der Waals surface area (Å²) < 4.78 is 0. The Bertz CT molecular complexity index is 2450. The number of benzene rings is 6. The largest absolute Gasteiger partial charge is 0.184 e. The van der Waals surface area contributed by atoms with Gasteiger partial charge in [0, 0.05) is 0 Å². The zero-order valence-electron chi connectivity index (χ0n) is 36.6. The zero-order chi connectivity index (χ0) is 42.8. The van der Waals surface area contributed by atoms with Crippen LogP contribution in [0.25, 0.3) is 54.9 Å². The average Bonchev–Trinajstić information content (AvgIpc) is 3.96. The van der Waals surface area contributed by atoms with E-state index >= 15 is 0 Å². The van der Waals surface area contributed by atoms with Gasteiger partial charge in [-0.15, -0.1) is 74.6 Å². The summed E-state index contributed by atoms with van der Waals surface area (Å²) in [7, 11) is 10.7. The Morgan fingerprint density at radius 3 is 1.45 bits per heavy atom. The third kappa shape index (κ3) is 11.0. The van der Waals surface area contributed by atoms with Crippen molar-refractivity contribution in [3.05, 3.63) is 178 Å². The van der Waals surface area contributed by atoms with E-state index in [0.29, 0.717) is 0 Å². The smallest absolute Gasteiger partial charge is 0.0920 e. The Balaban J connectivity index is 0.000000150. The zero-order valence-corrected chi connectivity index (χ0v) is 41.6. The van der Waals surface area contributed by atoms with Crippen molar-refractivity contribution in [1.82, 2.24) is 0 Å². The number of halogens is 2. The van der Waals surface area contributed by atoms with Crippen LogP contribution in [0.4, 0.5) is 0 Å². The van der Waals surface area contributed by atoms with Crippen molar-refractivity contribution in [3.63, 3.8) is 0 Å². The van der Waals surface area contributed by atoms with Gasteiger partial charge in [0.25, 0.3) is 0 Å². The first-order valence-corrected chi connectivity index (χ1v) is 28.9. The molecule has 0 saturated heterocycles. The van der Waals surface area contributed by atoms with Gasteiger partial charge in [-0.1, -0.05) is 156 Å². The molecule has 0 bridgehead atoms. The second-order valence-electron chi connectivity index (χ2n) is 16.1. The van der Waals surface area contributed by atoms with Gasteiger partial charge in [0.05, 0.1) is 9.52 Å². The van der Waals surface area contributed by atoms with E-state index in [4.69, 9.17) is 17.0 Å². The van der Waals surface area contributed by atoms with Crippen molar-refractivity contribution in [2.45, 2.75) is 93.9 Å². The van der Waals surface area contributed by atoms with Gasteiger partial charge in [-0.05, 0) is 64.5 Å². The van der Waals surface area contributed by atoms with Crippen molar-refractivity contribution < 1.29 is 20.8 Å². The molecule has 4 heteroatoms. The van der Waals surface area contributed by atoms with E-state index < -0.39 is 20.8 Å². The Morgan fingerprint density at radius 2 is 1.00 bits per heavy atom. The Kier molecular flexibility index (Phi) is 16.6. The molecule has 0 saturated carbocycles. The molecule has 1 heterocycles. The molecule has 306 valence electrons. The third-order valence-electron chi connectivity index (χ3n) is 11.3. The normalized spacial score (nSPS) is 11.2. The molecule has 0 aromatic heterocycles. The molecule has 8 aromatic rings. The van der Waals surface area contributed by atoms with Crippen LogP contribution in [0.5, 0.6) is 0 Å².